The zero-order valence-corrected chi connectivity index (χ0v) is 16.2. The Balaban J connectivity index is 1.69. The van der Waals surface area contributed by atoms with E-state index in [1.54, 1.807) is 11.3 Å². The molecule has 0 spiro atoms. The fourth-order valence-electron chi connectivity index (χ4n) is 3.63. The fraction of sp³-hybridized carbons (Fsp3) is 0.261. The molecule has 1 N–H and O–H groups in total. The average Bonchev–Trinajstić information content (AvgIpc) is 3.29. The van der Waals surface area contributed by atoms with Crippen molar-refractivity contribution in [1.29, 1.82) is 0 Å². The second-order valence-electron chi connectivity index (χ2n) is 7.09. The third-order valence-corrected chi connectivity index (χ3v) is 5.84. The van der Waals surface area contributed by atoms with Gasteiger partial charge in [-0.1, -0.05) is 24.3 Å². The lowest BCUT2D eigenvalue weighted by atomic mass is 10.0. The average molecular weight is 375 g/mol. The van der Waals surface area contributed by atoms with Gasteiger partial charge >= 0.3 is 0 Å². The van der Waals surface area contributed by atoms with Gasteiger partial charge in [-0.05, 0) is 78.1 Å². The Kier molecular flexibility index (Phi) is 4.73. The standard InChI is InChI=1S/C23H21NO2S/c1-14(2)26-22-10-7-15(11-20(22)24-3)16-12-23(27-13-16)19-6-4-5-18-17(19)8-9-21(18)25/h4-7,10-14,21,25H,8-9H2,1-2H3/t21-/m1/s1. The van der Waals surface area contributed by atoms with Crippen LogP contribution in [0.2, 0.25) is 0 Å². The number of thiophene rings is 1. The molecule has 3 nitrogen and oxygen atoms in total. The number of nitrogens with zero attached hydrogens (tertiary/aromatic N) is 1. The quantitative estimate of drug-likeness (QED) is 0.535. The largest absolute Gasteiger partial charge is 0.502 e. The summed E-state index contributed by atoms with van der Waals surface area (Å²) in [4.78, 5) is 4.83. The Bertz CT molecular complexity index is 1030. The third kappa shape index (κ3) is 3.37. The number of hydrogen-bond donors (Lipinski definition) is 1. The van der Waals surface area contributed by atoms with Crippen LogP contribution in [0.25, 0.3) is 26.4 Å². The van der Waals surface area contributed by atoms with Gasteiger partial charge in [-0.2, -0.15) is 0 Å². The summed E-state index contributed by atoms with van der Waals surface area (Å²) in [5, 5.41) is 12.3. The minimum atomic E-state index is -0.339. The van der Waals surface area contributed by atoms with Gasteiger partial charge in [0.15, 0.2) is 0 Å². The van der Waals surface area contributed by atoms with E-state index in [0.29, 0.717) is 11.4 Å². The lowest BCUT2D eigenvalue weighted by molar-refractivity contribution is 0.180. The lowest BCUT2D eigenvalue weighted by Gasteiger charge is -2.12. The number of aliphatic hydroxyl groups excluding tert-OH is 1. The van der Waals surface area contributed by atoms with E-state index < -0.39 is 0 Å². The number of ether oxygens (including phenoxy) is 1. The first-order chi connectivity index (χ1) is 13.1. The van der Waals surface area contributed by atoms with Crippen molar-refractivity contribution in [2.75, 3.05) is 0 Å². The molecule has 4 heteroatoms. The van der Waals surface area contributed by atoms with Crippen molar-refractivity contribution in [3.8, 4) is 27.3 Å². The topological polar surface area (TPSA) is 33.8 Å². The van der Waals surface area contributed by atoms with E-state index in [0.717, 1.165) is 29.5 Å². The van der Waals surface area contributed by atoms with E-state index in [1.165, 1.54) is 16.0 Å². The molecule has 0 amide bonds. The van der Waals surface area contributed by atoms with Crippen LogP contribution < -0.4 is 4.74 Å². The first kappa shape index (κ1) is 17.8. The predicted octanol–water partition coefficient (Wildman–Crippen LogP) is 6.40. The van der Waals surface area contributed by atoms with Gasteiger partial charge in [0, 0.05) is 4.88 Å². The van der Waals surface area contributed by atoms with Crippen molar-refractivity contribution in [3.63, 3.8) is 0 Å². The molecular weight excluding hydrogens is 354 g/mol. The summed E-state index contributed by atoms with van der Waals surface area (Å²) in [7, 11) is 0. The Labute approximate surface area is 163 Å². The second-order valence-corrected chi connectivity index (χ2v) is 8.00. The van der Waals surface area contributed by atoms with E-state index >= 15 is 0 Å². The van der Waals surface area contributed by atoms with E-state index in [4.69, 9.17) is 11.3 Å². The minimum Gasteiger partial charge on any atom is -0.502 e. The van der Waals surface area contributed by atoms with Crippen molar-refractivity contribution in [2.45, 2.75) is 38.9 Å². The lowest BCUT2D eigenvalue weighted by Crippen LogP contribution is -2.05. The van der Waals surface area contributed by atoms with Crippen LogP contribution in [-0.2, 0) is 6.42 Å². The molecule has 4 rings (SSSR count). The maximum absolute atomic E-state index is 10.1. The van der Waals surface area contributed by atoms with Crippen LogP contribution in [0, 0.1) is 6.57 Å². The molecule has 0 saturated carbocycles. The molecule has 0 saturated heterocycles. The fourth-order valence-corrected chi connectivity index (χ4v) is 4.60. The van der Waals surface area contributed by atoms with Gasteiger partial charge in [0.2, 0.25) is 5.69 Å². The Morgan fingerprint density at radius 3 is 2.81 bits per heavy atom. The normalized spacial score (nSPS) is 15.6. The molecule has 0 radical (unpaired) electrons. The highest BCUT2D eigenvalue weighted by molar-refractivity contribution is 7.14. The minimum absolute atomic E-state index is 0.0413. The first-order valence-corrected chi connectivity index (χ1v) is 10.0. The molecule has 0 bridgehead atoms. The number of benzene rings is 2. The van der Waals surface area contributed by atoms with E-state index in [-0.39, 0.29) is 12.2 Å². The van der Waals surface area contributed by atoms with Crippen LogP contribution in [0.1, 0.15) is 37.5 Å². The Morgan fingerprint density at radius 2 is 2.04 bits per heavy atom. The highest BCUT2D eigenvalue weighted by Crippen LogP contribution is 2.42. The summed E-state index contributed by atoms with van der Waals surface area (Å²) in [6, 6.07) is 14.2. The summed E-state index contributed by atoms with van der Waals surface area (Å²) in [5.41, 5.74) is 6.20. The first-order valence-electron chi connectivity index (χ1n) is 9.14. The monoisotopic (exact) mass is 375 g/mol. The van der Waals surface area contributed by atoms with Crippen molar-refractivity contribution in [2.24, 2.45) is 0 Å². The summed E-state index contributed by atoms with van der Waals surface area (Å²) >= 11 is 1.70. The Hall–Kier alpha value is -2.61. The van der Waals surface area contributed by atoms with Crippen LogP contribution in [0.5, 0.6) is 5.75 Å². The highest BCUT2D eigenvalue weighted by atomic mass is 32.1. The van der Waals surface area contributed by atoms with Crippen LogP contribution in [-0.4, -0.2) is 11.2 Å². The van der Waals surface area contributed by atoms with Gasteiger partial charge < -0.3 is 9.84 Å². The second kappa shape index (κ2) is 7.19. The number of hydrogen-bond acceptors (Lipinski definition) is 3. The number of fused-ring (bicyclic) bond motifs is 1. The molecule has 1 aliphatic carbocycles. The molecular formula is C23H21NO2S. The molecule has 1 heterocycles. The smallest absolute Gasteiger partial charge is 0.228 e. The SMILES string of the molecule is [C-]#[N+]c1cc(-c2csc(-c3cccc4c3CC[C@H]4O)c2)ccc1OC(C)C. The predicted molar refractivity (Wildman–Crippen MR) is 110 cm³/mol. The van der Waals surface area contributed by atoms with Crippen LogP contribution in [0.4, 0.5) is 5.69 Å². The van der Waals surface area contributed by atoms with Gasteiger partial charge in [-0.15, -0.1) is 11.3 Å². The number of aliphatic hydroxyl groups is 1. The van der Waals surface area contributed by atoms with Crippen LogP contribution in [0.3, 0.4) is 0 Å². The van der Waals surface area contributed by atoms with Gasteiger partial charge in [0.25, 0.3) is 0 Å². The molecule has 0 fully saturated rings. The van der Waals surface area contributed by atoms with E-state index in [2.05, 4.69) is 22.4 Å². The van der Waals surface area contributed by atoms with Gasteiger partial charge in [-0.3, -0.25) is 0 Å². The molecule has 1 aliphatic rings. The molecule has 1 aromatic heterocycles. The number of rotatable bonds is 4. The molecule has 2 aromatic carbocycles. The summed E-state index contributed by atoms with van der Waals surface area (Å²) in [6.45, 7) is 11.4. The Morgan fingerprint density at radius 1 is 1.19 bits per heavy atom. The molecule has 0 unspecified atom stereocenters. The van der Waals surface area contributed by atoms with Crippen molar-refractivity contribution >= 4 is 17.0 Å². The molecule has 0 aliphatic heterocycles. The maximum Gasteiger partial charge on any atom is 0.228 e. The van der Waals surface area contributed by atoms with Gasteiger partial charge in [-0.25, -0.2) is 4.85 Å². The zero-order chi connectivity index (χ0) is 19.0. The van der Waals surface area contributed by atoms with Gasteiger partial charge in [0.05, 0.1) is 18.8 Å². The van der Waals surface area contributed by atoms with Crippen molar-refractivity contribution < 1.29 is 9.84 Å². The maximum atomic E-state index is 10.1. The molecule has 1 atom stereocenters. The molecule has 27 heavy (non-hydrogen) atoms. The van der Waals surface area contributed by atoms with E-state index in [9.17, 15) is 5.11 Å². The molecule has 3 aromatic rings. The van der Waals surface area contributed by atoms with Crippen molar-refractivity contribution in [3.05, 3.63) is 70.4 Å². The van der Waals surface area contributed by atoms with Crippen molar-refractivity contribution in [1.82, 2.24) is 0 Å². The highest BCUT2D eigenvalue weighted by Gasteiger charge is 2.23. The van der Waals surface area contributed by atoms with E-state index in [1.807, 2.05) is 44.2 Å². The third-order valence-electron chi connectivity index (χ3n) is 4.88. The van der Waals surface area contributed by atoms with Crippen LogP contribution in [0.15, 0.2) is 47.8 Å². The zero-order valence-electron chi connectivity index (χ0n) is 15.4. The van der Waals surface area contributed by atoms with Crippen LogP contribution >= 0.6 is 11.3 Å². The van der Waals surface area contributed by atoms with Gasteiger partial charge in [0.1, 0.15) is 5.75 Å². The summed E-state index contributed by atoms with van der Waals surface area (Å²) < 4.78 is 5.73. The summed E-state index contributed by atoms with van der Waals surface area (Å²) in [5.74, 6) is 0.633. The molecule has 136 valence electrons. The summed E-state index contributed by atoms with van der Waals surface area (Å²) in [6.07, 6.45) is 1.42.